The standard InChI is InChI=1S/C29H36FN3O7/c1-5-8-33(28(2)6-7-28)12-14-11-17(34)19-15(21(14)30)9-13-10-16-22(32(3)4)24(36)20(27(31)39)26(38)29(16,40)25(37)18(13)23(19)35/h11,13,16,22,34,36-37,40H,5-10,12H2,1-4H3,(H2,31,39)/t13-,16-,22-,29-/m0/s1. The fraction of sp³-hybridized carbons (Fsp3) is 0.552. The molecule has 1 fully saturated rings. The number of halogens is 1. The van der Waals surface area contributed by atoms with Crippen LogP contribution in [0.1, 0.15) is 61.0 Å². The van der Waals surface area contributed by atoms with Gasteiger partial charge in [-0.15, -0.1) is 0 Å². The number of benzene rings is 1. The fourth-order valence-electron chi connectivity index (χ4n) is 6.98. The molecule has 0 aliphatic heterocycles. The molecule has 4 atom stereocenters. The van der Waals surface area contributed by atoms with E-state index in [-0.39, 0.29) is 47.2 Å². The van der Waals surface area contributed by atoms with E-state index >= 15 is 4.39 Å². The van der Waals surface area contributed by atoms with Crippen LogP contribution in [0.5, 0.6) is 5.75 Å². The number of aliphatic hydroxyl groups excluding tert-OH is 2. The van der Waals surface area contributed by atoms with Crippen molar-refractivity contribution in [1.29, 1.82) is 0 Å². The van der Waals surface area contributed by atoms with Crippen LogP contribution in [0.4, 0.5) is 4.39 Å². The van der Waals surface area contributed by atoms with E-state index < -0.39 is 69.6 Å². The van der Waals surface area contributed by atoms with Crippen LogP contribution in [0.25, 0.3) is 0 Å². The molecule has 11 heteroatoms. The third-order valence-corrected chi connectivity index (χ3v) is 9.32. The molecule has 1 saturated carbocycles. The first-order valence-electron chi connectivity index (χ1n) is 13.6. The summed E-state index contributed by atoms with van der Waals surface area (Å²) in [6, 6.07) is 0.135. The number of aliphatic hydroxyl groups is 3. The molecule has 0 heterocycles. The monoisotopic (exact) mass is 557 g/mol. The summed E-state index contributed by atoms with van der Waals surface area (Å²) in [5.41, 5.74) is 1.38. The van der Waals surface area contributed by atoms with Crippen molar-refractivity contribution in [1.82, 2.24) is 9.80 Å². The second-order valence-corrected chi connectivity index (χ2v) is 12.1. The zero-order chi connectivity index (χ0) is 29.5. The van der Waals surface area contributed by atoms with Gasteiger partial charge in [-0.25, -0.2) is 4.39 Å². The van der Waals surface area contributed by atoms with Gasteiger partial charge in [-0.3, -0.25) is 24.2 Å². The van der Waals surface area contributed by atoms with Crippen molar-refractivity contribution in [2.75, 3.05) is 20.6 Å². The van der Waals surface area contributed by atoms with E-state index in [9.17, 15) is 34.8 Å². The Labute approximate surface area is 231 Å². The average Bonchev–Trinajstić information content (AvgIpc) is 3.61. The molecule has 1 aromatic rings. The number of phenols is 1. The maximum absolute atomic E-state index is 16.1. The highest BCUT2D eigenvalue weighted by Crippen LogP contribution is 2.52. The molecule has 5 rings (SSSR count). The van der Waals surface area contributed by atoms with Crippen molar-refractivity contribution in [3.63, 3.8) is 0 Å². The van der Waals surface area contributed by atoms with Gasteiger partial charge in [0.15, 0.2) is 11.4 Å². The lowest BCUT2D eigenvalue weighted by Gasteiger charge is -2.50. The number of ketones is 2. The zero-order valence-electron chi connectivity index (χ0n) is 23.1. The van der Waals surface area contributed by atoms with Crippen LogP contribution in [0.15, 0.2) is 28.7 Å². The molecule has 216 valence electrons. The van der Waals surface area contributed by atoms with E-state index in [1.54, 1.807) is 14.1 Å². The normalized spacial score (nSPS) is 29.1. The zero-order valence-corrected chi connectivity index (χ0v) is 23.1. The summed E-state index contributed by atoms with van der Waals surface area (Å²) in [7, 11) is 3.11. The number of phenolic OH excluding ortho intramolecular Hbond substituents is 1. The first-order chi connectivity index (χ1) is 18.7. The van der Waals surface area contributed by atoms with Crippen molar-refractivity contribution < 1.29 is 39.2 Å². The topological polar surface area (TPSA) is 165 Å². The summed E-state index contributed by atoms with van der Waals surface area (Å²) in [6.07, 6.45) is 2.70. The van der Waals surface area contributed by atoms with Crippen LogP contribution in [0, 0.1) is 17.7 Å². The molecule has 1 amide bonds. The molecule has 4 aliphatic rings. The largest absolute Gasteiger partial charge is 0.510 e. The number of fused-ring (bicyclic) bond motifs is 3. The number of aromatic hydroxyl groups is 1. The van der Waals surface area contributed by atoms with Gasteiger partial charge in [-0.1, -0.05) is 6.92 Å². The highest BCUT2D eigenvalue weighted by atomic mass is 19.1. The predicted octanol–water partition coefficient (Wildman–Crippen LogP) is 2.02. The van der Waals surface area contributed by atoms with E-state index in [2.05, 4.69) is 11.8 Å². The first kappa shape index (κ1) is 28.3. The molecular formula is C29H36FN3O7. The molecule has 6 N–H and O–H groups in total. The summed E-state index contributed by atoms with van der Waals surface area (Å²) in [5, 5.41) is 44.8. The van der Waals surface area contributed by atoms with Crippen molar-refractivity contribution in [3.05, 3.63) is 51.2 Å². The van der Waals surface area contributed by atoms with E-state index in [0.717, 1.165) is 25.8 Å². The Bertz CT molecular complexity index is 1400. The summed E-state index contributed by atoms with van der Waals surface area (Å²) < 4.78 is 16.1. The smallest absolute Gasteiger partial charge is 0.255 e. The van der Waals surface area contributed by atoms with Gasteiger partial charge in [0.1, 0.15) is 28.7 Å². The van der Waals surface area contributed by atoms with E-state index in [0.29, 0.717) is 0 Å². The van der Waals surface area contributed by atoms with Gasteiger partial charge in [-0.05, 0) is 71.7 Å². The minimum Gasteiger partial charge on any atom is -0.510 e. The molecule has 4 aliphatic carbocycles. The Hall–Kier alpha value is -3.28. The van der Waals surface area contributed by atoms with Gasteiger partial charge in [0, 0.05) is 34.7 Å². The van der Waals surface area contributed by atoms with Crippen molar-refractivity contribution >= 4 is 17.5 Å². The molecule has 40 heavy (non-hydrogen) atoms. The molecule has 1 aromatic carbocycles. The van der Waals surface area contributed by atoms with Crippen LogP contribution < -0.4 is 5.73 Å². The molecule has 10 nitrogen and oxygen atoms in total. The number of nitrogens with zero attached hydrogens (tertiary/aromatic N) is 2. The molecule has 0 bridgehead atoms. The van der Waals surface area contributed by atoms with Crippen molar-refractivity contribution in [2.45, 2.75) is 69.7 Å². The van der Waals surface area contributed by atoms with Crippen LogP contribution in [0.2, 0.25) is 0 Å². The molecular weight excluding hydrogens is 521 g/mol. The van der Waals surface area contributed by atoms with E-state index in [1.165, 1.54) is 11.0 Å². The number of hydrogen-bond acceptors (Lipinski definition) is 9. The van der Waals surface area contributed by atoms with Gasteiger partial charge in [0.25, 0.3) is 5.91 Å². The summed E-state index contributed by atoms with van der Waals surface area (Å²) >= 11 is 0. The summed E-state index contributed by atoms with van der Waals surface area (Å²) in [5.74, 6) is -8.13. The Balaban J connectivity index is 1.62. The van der Waals surface area contributed by atoms with Gasteiger partial charge >= 0.3 is 0 Å². The fourth-order valence-corrected chi connectivity index (χ4v) is 6.98. The third kappa shape index (κ3) is 3.89. The Morgan fingerprint density at radius 3 is 2.40 bits per heavy atom. The maximum atomic E-state index is 16.1. The van der Waals surface area contributed by atoms with E-state index in [4.69, 9.17) is 5.73 Å². The molecule has 0 aromatic heterocycles. The predicted molar refractivity (Wildman–Crippen MR) is 142 cm³/mol. The first-order valence-corrected chi connectivity index (χ1v) is 13.6. The SMILES string of the molecule is CCCN(Cc1cc(O)c2c(c1F)C[C@H]1C[C@H]3[C@H](N(C)C)C(O)=C(C(N)=O)C(=O)[C@@]3(O)C(O)=C1C2=O)C1(C)CC1. The molecule has 0 unspecified atom stereocenters. The van der Waals surface area contributed by atoms with E-state index in [1.807, 2.05) is 6.92 Å². The molecule has 0 spiro atoms. The second kappa shape index (κ2) is 9.39. The molecule has 0 saturated heterocycles. The number of carbonyl (C=O) groups is 3. The lowest BCUT2D eigenvalue weighted by molar-refractivity contribution is -0.148. The van der Waals surface area contributed by atoms with Gasteiger partial charge < -0.3 is 26.2 Å². The third-order valence-electron chi connectivity index (χ3n) is 9.32. The number of Topliss-reactive ketones (excluding diaryl/α,β-unsaturated/α-hetero) is 2. The number of nitrogens with two attached hydrogens (primary N) is 1. The highest BCUT2D eigenvalue weighted by Gasteiger charge is 2.63. The minimum atomic E-state index is -2.72. The Morgan fingerprint density at radius 1 is 1.20 bits per heavy atom. The molecule has 0 radical (unpaired) electrons. The number of rotatable bonds is 7. The van der Waals surface area contributed by atoms with Crippen LogP contribution >= 0.6 is 0 Å². The number of likely N-dealkylation sites (N-methyl/N-ethyl adjacent to an activating group) is 1. The quantitative estimate of drug-likeness (QED) is 0.316. The van der Waals surface area contributed by atoms with Gasteiger partial charge in [-0.2, -0.15) is 0 Å². The van der Waals surface area contributed by atoms with Crippen molar-refractivity contribution in [3.8, 4) is 5.75 Å². The van der Waals surface area contributed by atoms with Gasteiger partial charge in [0.05, 0.1) is 11.6 Å². The Morgan fingerprint density at radius 2 is 1.85 bits per heavy atom. The number of allylic oxidation sites excluding steroid dienone is 1. The maximum Gasteiger partial charge on any atom is 0.255 e. The number of carbonyl (C=O) groups excluding carboxylic acids is 3. The van der Waals surface area contributed by atoms with Crippen LogP contribution in [-0.4, -0.2) is 85.5 Å². The van der Waals surface area contributed by atoms with Gasteiger partial charge in [0.2, 0.25) is 5.78 Å². The minimum absolute atomic E-state index is 0.0190. The van der Waals surface area contributed by atoms with Crippen LogP contribution in [0.3, 0.4) is 0 Å². The lowest BCUT2D eigenvalue weighted by Crippen LogP contribution is -2.63. The number of primary amides is 1. The highest BCUT2D eigenvalue weighted by molar-refractivity contribution is 6.24. The summed E-state index contributed by atoms with van der Waals surface area (Å²) in [4.78, 5) is 42.8. The number of amides is 1. The lowest BCUT2D eigenvalue weighted by atomic mass is 9.58. The Kier molecular flexibility index (Phi) is 6.63. The van der Waals surface area contributed by atoms with Crippen LogP contribution in [-0.2, 0) is 22.6 Å². The number of hydrogen-bond donors (Lipinski definition) is 5. The van der Waals surface area contributed by atoms with Crippen molar-refractivity contribution in [2.24, 2.45) is 17.6 Å². The average molecular weight is 558 g/mol. The summed E-state index contributed by atoms with van der Waals surface area (Å²) in [6.45, 7) is 5.17. The second-order valence-electron chi connectivity index (χ2n) is 12.1.